The normalized spacial score (nSPS) is 15.5. The molecule has 2 aliphatic rings. The van der Waals surface area contributed by atoms with Gasteiger partial charge in [0.25, 0.3) is 0 Å². The van der Waals surface area contributed by atoms with Gasteiger partial charge in [-0.05, 0) is 74.8 Å². The van der Waals surface area contributed by atoms with Gasteiger partial charge in [-0.15, -0.1) is 0 Å². The summed E-state index contributed by atoms with van der Waals surface area (Å²) in [6.45, 7) is 0. The van der Waals surface area contributed by atoms with Crippen LogP contribution in [0.25, 0.3) is 60.0 Å². The molecule has 0 saturated heterocycles. The topological polar surface area (TPSA) is 50.5 Å². The number of hydrogen-bond acceptors (Lipinski definition) is 5. The summed E-state index contributed by atoms with van der Waals surface area (Å²) in [4.78, 5) is 7.04. The van der Waals surface area contributed by atoms with Crippen molar-refractivity contribution in [3.8, 4) is 5.75 Å². The molecule has 0 fully saturated rings. The van der Waals surface area contributed by atoms with Gasteiger partial charge >= 0.3 is 0 Å². The summed E-state index contributed by atoms with van der Waals surface area (Å²) in [5.41, 5.74) is 5.63. The van der Waals surface area contributed by atoms with E-state index in [0.29, 0.717) is 5.71 Å². The Morgan fingerprint density at radius 3 is 2.02 bits per heavy atom. The third-order valence-corrected chi connectivity index (χ3v) is 9.13. The standard InChI is InChI=1S/C40H25N3O2/c1-2-11-28-26(9-1)27-10-3-4-12-29(27)34-21-24(17-18-30(28)34)43(25-22-35-32-14-6-8-16-37(32)44-39(35)41-23-25)38-20-19-33-31-13-5-7-15-36(31)45-40(33)42-38/h1-23,40,42H. The van der Waals surface area contributed by atoms with Crippen molar-refractivity contribution < 1.29 is 9.15 Å². The molecule has 0 spiro atoms. The highest BCUT2D eigenvalue weighted by Gasteiger charge is 2.32. The largest absolute Gasteiger partial charge is 0.466 e. The number of rotatable bonds is 3. The summed E-state index contributed by atoms with van der Waals surface area (Å²) in [5, 5.41) is 13.1. The van der Waals surface area contributed by atoms with Crippen molar-refractivity contribution in [3.05, 3.63) is 151 Å². The number of allylic oxidation sites excluding steroid dienone is 2. The van der Waals surface area contributed by atoms with Gasteiger partial charge in [-0.3, -0.25) is 4.90 Å². The van der Waals surface area contributed by atoms with Crippen molar-refractivity contribution in [1.29, 1.82) is 0 Å². The van der Waals surface area contributed by atoms with Gasteiger partial charge in [0.2, 0.25) is 5.71 Å². The number of nitrogens with zero attached hydrogens (tertiary/aromatic N) is 2. The molecule has 45 heavy (non-hydrogen) atoms. The second-order valence-electron chi connectivity index (χ2n) is 11.6. The van der Waals surface area contributed by atoms with Crippen LogP contribution < -0.4 is 15.0 Å². The van der Waals surface area contributed by atoms with E-state index in [0.717, 1.165) is 50.4 Å². The minimum Gasteiger partial charge on any atom is -0.466 e. The molecule has 8 aromatic rings. The first-order chi connectivity index (χ1) is 22.3. The molecule has 1 atom stereocenters. The number of aromatic nitrogens is 1. The Labute approximate surface area is 258 Å². The van der Waals surface area contributed by atoms with Crippen molar-refractivity contribution in [2.24, 2.45) is 0 Å². The van der Waals surface area contributed by atoms with Crippen LogP contribution in [0.15, 0.2) is 150 Å². The predicted molar refractivity (Wildman–Crippen MR) is 183 cm³/mol. The Morgan fingerprint density at radius 2 is 1.22 bits per heavy atom. The first-order valence-corrected chi connectivity index (χ1v) is 15.2. The van der Waals surface area contributed by atoms with E-state index in [1.54, 1.807) is 0 Å². The summed E-state index contributed by atoms with van der Waals surface area (Å²) in [6.07, 6.45) is 5.90. The number of pyridine rings is 1. The maximum atomic E-state index is 6.38. The van der Waals surface area contributed by atoms with Crippen LogP contribution >= 0.6 is 0 Å². The van der Waals surface area contributed by atoms with E-state index in [9.17, 15) is 0 Å². The van der Waals surface area contributed by atoms with Gasteiger partial charge < -0.3 is 14.5 Å². The monoisotopic (exact) mass is 579 g/mol. The van der Waals surface area contributed by atoms with Crippen LogP contribution in [-0.2, 0) is 0 Å². The van der Waals surface area contributed by atoms with E-state index in [1.165, 1.54) is 32.3 Å². The maximum absolute atomic E-state index is 6.38. The van der Waals surface area contributed by atoms with Gasteiger partial charge in [0.05, 0.1) is 17.3 Å². The van der Waals surface area contributed by atoms with E-state index >= 15 is 0 Å². The van der Waals surface area contributed by atoms with E-state index in [4.69, 9.17) is 14.1 Å². The Bertz CT molecular complexity index is 2540. The van der Waals surface area contributed by atoms with Gasteiger partial charge in [-0.25, -0.2) is 4.98 Å². The Morgan fingerprint density at radius 1 is 0.578 bits per heavy atom. The van der Waals surface area contributed by atoms with Crippen LogP contribution in [0.1, 0.15) is 5.56 Å². The molecule has 2 aliphatic heterocycles. The highest BCUT2D eigenvalue weighted by atomic mass is 16.5. The minimum absolute atomic E-state index is 0.290. The summed E-state index contributed by atoms with van der Waals surface area (Å²) < 4.78 is 12.5. The van der Waals surface area contributed by atoms with E-state index in [-0.39, 0.29) is 6.23 Å². The second-order valence-corrected chi connectivity index (χ2v) is 11.6. The highest BCUT2D eigenvalue weighted by Crippen LogP contribution is 2.43. The van der Waals surface area contributed by atoms with Gasteiger partial charge in [-0.2, -0.15) is 0 Å². The third-order valence-electron chi connectivity index (χ3n) is 9.13. The lowest BCUT2D eigenvalue weighted by atomic mass is 9.94. The quantitative estimate of drug-likeness (QED) is 0.211. The number of nitrogens with one attached hydrogen (secondary N) is 1. The van der Waals surface area contributed by atoms with E-state index in [2.05, 4.69) is 113 Å². The lowest BCUT2D eigenvalue weighted by molar-refractivity contribution is 0.248. The van der Waals surface area contributed by atoms with Crippen LogP contribution in [0.4, 0.5) is 11.4 Å². The lowest BCUT2D eigenvalue weighted by Crippen LogP contribution is -2.39. The number of furan rings is 1. The molecule has 1 unspecified atom stereocenters. The molecule has 0 aliphatic carbocycles. The van der Waals surface area contributed by atoms with Gasteiger partial charge in [0, 0.05) is 22.2 Å². The fourth-order valence-electron chi connectivity index (χ4n) is 7.10. The van der Waals surface area contributed by atoms with Crippen molar-refractivity contribution in [2.75, 3.05) is 4.90 Å². The van der Waals surface area contributed by atoms with Crippen LogP contribution in [0.5, 0.6) is 5.75 Å². The number of benzene rings is 6. The van der Waals surface area contributed by atoms with E-state index < -0.39 is 0 Å². The number of ether oxygens (including phenoxy) is 1. The van der Waals surface area contributed by atoms with Gasteiger partial charge in [0.1, 0.15) is 17.2 Å². The summed E-state index contributed by atoms with van der Waals surface area (Å²) in [6, 6.07) is 42.6. The Hall–Kier alpha value is -6.07. The third kappa shape index (κ3) is 3.58. The maximum Gasteiger partial charge on any atom is 0.227 e. The number of anilines is 2. The molecular formula is C40H25N3O2. The van der Waals surface area contributed by atoms with Crippen LogP contribution in [0.2, 0.25) is 0 Å². The molecule has 6 aromatic carbocycles. The molecule has 0 radical (unpaired) electrons. The fourth-order valence-corrected chi connectivity index (χ4v) is 7.10. The van der Waals surface area contributed by atoms with Crippen molar-refractivity contribution in [1.82, 2.24) is 10.3 Å². The average Bonchev–Trinajstić information content (AvgIpc) is 3.66. The summed E-state index contributed by atoms with van der Waals surface area (Å²) in [5.74, 6) is 1.79. The zero-order chi connectivity index (χ0) is 29.5. The smallest absolute Gasteiger partial charge is 0.227 e. The summed E-state index contributed by atoms with van der Waals surface area (Å²) in [7, 11) is 0. The van der Waals surface area contributed by atoms with Crippen molar-refractivity contribution in [3.63, 3.8) is 0 Å². The Kier molecular flexibility index (Phi) is 4.99. The Balaban J connectivity index is 1.21. The van der Waals surface area contributed by atoms with Crippen LogP contribution in [-0.4, -0.2) is 11.2 Å². The average molecular weight is 580 g/mol. The minimum atomic E-state index is -0.290. The molecule has 0 amide bonds. The molecule has 1 N–H and O–H groups in total. The van der Waals surface area contributed by atoms with Crippen LogP contribution in [0, 0.1) is 0 Å². The molecule has 212 valence electrons. The van der Waals surface area contributed by atoms with Crippen LogP contribution in [0.3, 0.4) is 0 Å². The fraction of sp³-hybridized carbons (Fsp3) is 0.0250. The molecule has 5 heteroatoms. The zero-order valence-electron chi connectivity index (χ0n) is 24.1. The first kappa shape index (κ1) is 24.4. The molecule has 4 heterocycles. The van der Waals surface area contributed by atoms with Crippen molar-refractivity contribution in [2.45, 2.75) is 6.23 Å². The molecule has 0 bridgehead atoms. The lowest BCUT2D eigenvalue weighted by Gasteiger charge is -2.32. The number of fused-ring (bicyclic) bond motifs is 12. The SMILES string of the molecule is C1=C2c3ccccc3OC2NC(N(c2cnc3oc4ccccc4c3c2)c2ccc3c4ccccc4c4ccccc4c3c2)=C1. The number of dihydropyridines is 1. The van der Waals surface area contributed by atoms with Gasteiger partial charge in [-0.1, -0.05) is 91.0 Å². The van der Waals surface area contributed by atoms with E-state index in [1.807, 2.05) is 36.5 Å². The molecule has 2 aromatic heterocycles. The molecule has 5 nitrogen and oxygen atoms in total. The van der Waals surface area contributed by atoms with Crippen molar-refractivity contribution >= 4 is 71.3 Å². The molecular weight excluding hydrogens is 554 g/mol. The molecule has 10 rings (SSSR count). The molecule has 0 saturated carbocycles. The van der Waals surface area contributed by atoms with Gasteiger partial charge in [0.15, 0.2) is 6.23 Å². The predicted octanol–water partition coefficient (Wildman–Crippen LogP) is 9.83. The number of para-hydroxylation sites is 2. The number of hydrogen-bond donors (Lipinski definition) is 1. The highest BCUT2D eigenvalue weighted by molar-refractivity contribution is 6.25. The zero-order valence-corrected chi connectivity index (χ0v) is 24.1. The second kappa shape index (κ2) is 9.21. The summed E-state index contributed by atoms with van der Waals surface area (Å²) >= 11 is 0. The first-order valence-electron chi connectivity index (χ1n) is 15.2.